The third kappa shape index (κ3) is 2.15. The molecule has 0 radical (unpaired) electrons. The third-order valence-corrected chi connectivity index (χ3v) is 9.16. The van der Waals surface area contributed by atoms with Gasteiger partial charge in [-0.25, -0.2) is 0 Å². The van der Waals surface area contributed by atoms with E-state index in [1.807, 2.05) is 0 Å². The molecule has 0 fully saturated rings. The molecule has 2 heteroatoms. The maximum absolute atomic E-state index is 5.47. The van der Waals surface area contributed by atoms with Gasteiger partial charge in [-0.15, -0.1) is 0 Å². The van der Waals surface area contributed by atoms with Crippen LogP contribution in [0.3, 0.4) is 0 Å². The monoisotopic (exact) mass is 324 g/mol. The number of hydrogen-bond donors (Lipinski definition) is 0. The number of hydrogen-bond acceptors (Lipinski definition) is 1. The zero-order valence-electron chi connectivity index (χ0n) is 10.6. The summed E-state index contributed by atoms with van der Waals surface area (Å²) < 4.78 is 7.13. The first-order valence-corrected chi connectivity index (χ1v) is 15.9. The zero-order valence-corrected chi connectivity index (χ0v) is 13.5. The predicted octanol–water partition coefficient (Wildman–Crippen LogP) is 3.90. The summed E-state index contributed by atoms with van der Waals surface area (Å²) in [7, 11) is 1.77. The van der Waals surface area contributed by atoms with E-state index < -0.39 is 18.4 Å². The van der Waals surface area contributed by atoms with Crippen LogP contribution in [0.4, 0.5) is 0 Å². The molecule has 0 N–H and O–H groups in total. The van der Waals surface area contributed by atoms with Crippen molar-refractivity contribution < 1.29 is 4.74 Å². The Balaban J connectivity index is 2.55. The topological polar surface area (TPSA) is 9.23 Å². The van der Waals surface area contributed by atoms with Gasteiger partial charge in [-0.3, -0.25) is 0 Å². The standard InChI is InChI=1S/C11H11O.3CH3.Sn/c1-12-11-8-4-6-9-5-2-3-7-10(9)11;;;;/h2,4,6,8H,3,7H2,1H3;3*1H3;. The van der Waals surface area contributed by atoms with Gasteiger partial charge in [0.1, 0.15) is 0 Å². The van der Waals surface area contributed by atoms with Gasteiger partial charge in [0, 0.05) is 0 Å². The summed E-state index contributed by atoms with van der Waals surface area (Å²) in [5.41, 5.74) is 2.89. The molecule has 0 saturated heterocycles. The predicted molar refractivity (Wildman–Crippen MR) is 72.6 cm³/mol. The molecule has 0 aliphatic heterocycles. The number of rotatable bonds is 2. The summed E-state index contributed by atoms with van der Waals surface area (Å²) >= 11 is -1.98. The first-order chi connectivity index (χ1) is 7.54. The van der Waals surface area contributed by atoms with Crippen molar-refractivity contribution in [3.63, 3.8) is 0 Å². The number of benzene rings is 1. The molecule has 2 rings (SSSR count). The van der Waals surface area contributed by atoms with E-state index in [0.717, 1.165) is 12.2 Å². The van der Waals surface area contributed by atoms with Crippen LogP contribution in [-0.2, 0) is 6.42 Å². The summed E-state index contributed by atoms with van der Waals surface area (Å²) in [5.74, 6) is 1.07. The van der Waals surface area contributed by atoms with Gasteiger partial charge in [0.25, 0.3) is 0 Å². The molecule has 1 aliphatic rings. The van der Waals surface area contributed by atoms with Gasteiger partial charge in [0.05, 0.1) is 0 Å². The first kappa shape index (κ1) is 12.0. The van der Waals surface area contributed by atoms with E-state index in [1.54, 1.807) is 10.7 Å². The Morgan fingerprint density at radius 3 is 2.56 bits per heavy atom. The Morgan fingerprint density at radius 1 is 1.19 bits per heavy atom. The van der Waals surface area contributed by atoms with Gasteiger partial charge >= 0.3 is 103 Å². The molecule has 86 valence electrons. The average molecular weight is 323 g/mol. The van der Waals surface area contributed by atoms with Crippen LogP contribution in [0.2, 0.25) is 14.8 Å². The molecule has 0 bridgehead atoms. The SMILES string of the molecule is COc1cccc2c1CCC=[C]2[Sn]([CH3])([CH3])[CH3]. The molecular formula is C14H20OSn. The number of ether oxygens (including phenoxy) is 1. The fourth-order valence-corrected chi connectivity index (χ4v) is 7.58. The van der Waals surface area contributed by atoms with Gasteiger partial charge in [0.2, 0.25) is 0 Å². The van der Waals surface area contributed by atoms with E-state index in [0.29, 0.717) is 0 Å². The number of methoxy groups -OCH3 is 1. The van der Waals surface area contributed by atoms with Crippen molar-refractivity contribution in [3.8, 4) is 5.75 Å². The van der Waals surface area contributed by atoms with Crippen molar-refractivity contribution in [2.45, 2.75) is 27.7 Å². The van der Waals surface area contributed by atoms with E-state index in [9.17, 15) is 0 Å². The van der Waals surface area contributed by atoms with E-state index in [2.05, 4.69) is 39.1 Å². The van der Waals surface area contributed by atoms with Crippen LogP contribution in [0.25, 0.3) is 3.59 Å². The van der Waals surface area contributed by atoms with Crippen molar-refractivity contribution in [2.24, 2.45) is 0 Å². The van der Waals surface area contributed by atoms with Crippen LogP contribution in [0.1, 0.15) is 17.5 Å². The normalized spacial score (nSPS) is 15.4. The van der Waals surface area contributed by atoms with Crippen LogP contribution in [0, 0.1) is 0 Å². The summed E-state index contributed by atoms with van der Waals surface area (Å²) in [6.45, 7) is 0. The molecule has 0 unspecified atom stereocenters. The molecule has 1 aliphatic carbocycles. The second kappa shape index (κ2) is 4.44. The zero-order chi connectivity index (χ0) is 11.8. The Bertz CT molecular complexity index is 427. The fourth-order valence-electron chi connectivity index (χ4n) is 2.45. The minimum atomic E-state index is -1.98. The second-order valence-corrected chi connectivity index (χ2v) is 19.8. The molecule has 0 atom stereocenters. The summed E-state index contributed by atoms with van der Waals surface area (Å²) in [5, 5.41) is 0. The van der Waals surface area contributed by atoms with Gasteiger partial charge in [-0.05, 0) is 0 Å². The van der Waals surface area contributed by atoms with Crippen LogP contribution >= 0.6 is 0 Å². The van der Waals surface area contributed by atoms with Gasteiger partial charge in [0.15, 0.2) is 0 Å². The molecule has 0 spiro atoms. The van der Waals surface area contributed by atoms with Crippen LogP contribution < -0.4 is 4.74 Å². The Kier molecular flexibility index (Phi) is 3.34. The summed E-state index contributed by atoms with van der Waals surface area (Å²) in [6, 6.07) is 6.47. The quantitative estimate of drug-likeness (QED) is 0.750. The van der Waals surface area contributed by atoms with E-state index in [-0.39, 0.29) is 0 Å². The first-order valence-electron chi connectivity index (χ1n) is 5.91. The molecule has 1 aromatic rings. The van der Waals surface area contributed by atoms with Crippen LogP contribution in [-0.4, -0.2) is 25.5 Å². The van der Waals surface area contributed by atoms with Crippen molar-refractivity contribution in [2.75, 3.05) is 7.11 Å². The third-order valence-electron chi connectivity index (χ3n) is 3.19. The molecule has 0 amide bonds. The number of fused-ring (bicyclic) bond motifs is 1. The average Bonchev–Trinajstić information content (AvgIpc) is 2.26. The second-order valence-electron chi connectivity index (χ2n) is 5.39. The van der Waals surface area contributed by atoms with Gasteiger partial charge < -0.3 is 0 Å². The summed E-state index contributed by atoms with van der Waals surface area (Å²) in [4.78, 5) is 7.44. The van der Waals surface area contributed by atoms with Gasteiger partial charge in [-0.1, -0.05) is 0 Å². The van der Waals surface area contributed by atoms with Crippen LogP contribution in [0.15, 0.2) is 24.3 Å². The fraction of sp³-hybridized carbons (Fsp3) is 0.429. The minimum absolute atomic E-state index is 1.07. The van der Waals surface area contributed by atoms with Gasteiger partial charge in [-0.2, -0.15) is 0 Å². The molecule has 1 nitrogen and oxygen atoms in total. The Hall–Kier alpha value is -0.441. The van der Waals surface area contributed by atoms with Crippen molar-refractivity contribution >= 4 is 22.0 Å². The van der Waals surface area contributed by atoms with Crippen molar-refractivity contribution in [1.29, 1.82) is 0 Å². The summed E-state index contributed by atoms with van der Waals surface area (Å²) in [6.07, 6.45) is 4.78. The molecule has 0 saturated carbocycles. The van der Waals surface area contributed by atoms with E-state index in [4.69, 9.17) is 4.74 Å². The molecule has 0 aromatic heterocycles. The van der Waals surface area contributed by atoms with Crippen LogP contribution in [0.5, 0.6) is 5.75 Å². The molecule has 0 heterocycles. The molecular weight excluding hydrogens is 303 g/mol. The molecule has 1 aromatic carbocycles. The number of allylic oxidation sites excluding steroid dienone is 1. The Morgan fingerprint density at radius 2 is 1.94 bits per heavy atom. The maximum atomic E-state index is 5.47. The van der Waals surface area contributed by atoms with E-state index >= 15 is 0 Å². The van der Waals surface area contributed by atoms with Crippen molar-refractivity contribution in [1.82, 2.24) is 0 Å². The Labute approximate surface area is 102 Å². The van der Waals surface area contributed by atoms with E-state index in [1.165, 1.54) is 17.5 Å². The van der Waals surface area contributed by atoms with Crippen molar-refractivity contribution in [3.05, 3.63) is 35.4 Å². The molecule has 16 heavy (non-hydrogen) atoms.